The zero-order valence-corrected chi connectivity index (χ0v) is 15.2. The van der Waals surface area contributed by atoms with Crippen LogP contribution in [0.2, 0.25) is 0 Å². The molecule has 3 rings (SSSR count). The van der Waals surface area contributed by atoms with Crippen molar-refractivity contribution in [2.45, 2.75) is 84.3 Å². The molecule has 1 aromatic carbocycles. The molecule has 0 amide bonds. The van der Waals surface area contributed by atoms with Crippen LogP contribution in [0.15, 0.2) is 0 Å². The molecule has 1 atom stereocenters. The molecule has 0 radical (unpaired) electrons. The molecule has 1 N–H and O–H groups in total. The molecule has 4 heteroatoms. The lowest BCUT2D eigenvalue weighted by atomic mass is 9.87. The molecule has 0 spiro atoms. The Morgan fingerprint density at radius 1 is 1.12 bits per heavy atom. The van der Waals surface area contributed by atoms with Crippen molar-refractivity contribution in [2.24, 2.45) is 0 Å². The average Bonchev–Trinajstić information content (AvgIpc) is 2.59. The average molecular weight is 332 g/mol. The number of phenolic OH excluding ortho intramolecular Hbond substituents is 1. The zero-order chi connectivity index (χ0) is 17.5. The Kier molecular flexibility index (Phi) is 4.50. The quantitative estimate of drug-likeness (QED) is 0.821. The van der Waals surface area contributed by atoms with Gasteiger partial charge in [-0.05, 0) is 76.5 Å². The van der Waals surface area contributed by atoms with Gasteiger partial charge in [0.1, 0.15) is 17.6 Å². The first kappa shape index (κ1) is 17.1. The van der Waals surface area contributed by atoms with Gasteiger partial charge >= 0.3 is 5.97 Å². The fourth-order valence-corrected chi connectivity index (χ4v) is 3.85. The number of ether oxygens (including phenoxy) is 2. The van der Waals surface area contributed by atoms with Gasteiger partial charge in [0.15, 0.2) is 0 Å². The molecule has 0 saturated heterocycles. The van der Waals surface area contributed by atoms with Gasteiger partial charge in [0.2, 0.25) is 5.60 Å². The van der Waals surface area contributed by atoms with Gasteiger partial charge in [-0.15, -0.1) is 0 Å². The minimum atomic E-state index is -0.939. The van der Waals surface area contributed by atoms with Crippen molar-refractivity contribution in [1.82, 2.24) is 0 Å². The standard InChI is InChI=1S/C20H28O4/c1-12-13(2)18-16(14(3)17(12)21)10-11-20(4,24-18)19(22)23-15-8-6-5-7-9-15/h15,21H,5-11H2,1-4H3. The highest BCUT2D eigenvalue weighted by atomic mass is 16.6. The number of carbonyl (C=O) groups is 1. The van der Waals surface area contributed by atoms with E-state index in [1.807, 2.05) is 27.7 Å². The molecule has 0 bridgehead atoms. The van der Waals surface area contributed by atoms with Crippen molar-refractivity contribution in [2.75, 3.05) is 0 Å². The SMILES string of the molecule is Cc1c(C)c2c(c(C)c1O)CCC(C)(C(=O)OC1CCCCC1)O2. The van der Waals surface area contributed by atoms with Crippen molar-refractivity contribution < 1.29 is 19.4 Å². The van der Waals surface area contributed by atoms with Gasteiger partial charge < -0.3 is 14.6 Å². The van der Waals surface area contributed by atoms with Gasteiger partial charge in [0.05, 0.1) is 0 Å². The van der Waals surface area contributed by atoms with Gasteiger partial charge in [-0.25, -0.2) is 4.79 Å². The fraction of sp³-hybridized carbons (Fsp3) is 0.650. The third-order valence-corrected chi connectivity index (χ3v) is 5.78. The van der Waals surface area contributed by atoms with Crippen LogP contribution in [0.3, 0.4) is 0 Å². The van der Waals surface area contributed by atoms with Crippen LogP contribution in [0.25, 0.3) is 0 Å². The lowest BCUT2D eigenvalue weighted by Crippen LogP contribution is -2.47. The van der Waals surface area contributed by atoms with E-state index < -0.39 is 5.60 Å². The number of aromatic hydroxyl groups is 1. The lowest BCUT2D eigenvalue weighted by Gasteiger charge is -2.37. The number of hydrogen-bond donors (Lipinski definition) is 1. The van der Waals surface area contributed by atoms with E-state index >= 15 is 0 Å². The predicted molar refractivity (Wildman–Crippen MR) is 92.6 cm³/mol. The summed E-state index contributed by atoms with van der Waals surface area (Å²) in [4.78, 5) is 12.7. The molecule has 2 aliphatic rings. The third kappa shape index (κ3) is 2.87. The van der Waals surface area contributed by atoms with Gasteiger partial charge in [-0.3, -0.25) is 0 Å². The van der Waals surface area contributed by atoms with Crippen LogP contribution in [0.4, 0.5) is 0 Å². The molecule has 4 nitrogen and oxygen atoms in total. The summed E-state index contributed by atoms with van der Waals surface area (Å²) in [5, 5.41) is 10.3. The summed E-state index contributed by atoms with van der Waals surface area (Å²) in [5.41, 5.74) is 2.65. The third-order valence-electron chi connectivity index (χ3n) is 5.78. The molecule has 132 valence electrons. The first-order valence-electron chi connectivity index (χ1n) is 9.05. The zero-order valence-electron chi connectivity index (χ0n) is 15.2. The molecular formula is C20H28O4. The molecule has 1 heterocycles. The molecule has 1 fully saturated rings. The lowest BCUT2D eigenvalue weighted by molar-refractivity contribution is -0.169. The van der Waals surface area contributed by atoms with Crippen molar-refractivity contribution >= 4 is 5.97 Å². The molecule has 1 unspecified atom stereocenters. The number of fused-ring (bicyclic) bond motifs is 1. The van der Waals surface area contributed by atoms with E-state index in [1.165, 1.54) is 6.42 Å². The number of phenols is 1. The largest absolute Gasteiger partial charge is 0.507 e. The van der Waals surface area contributed by atoms with Crippen LogP contribution >= 0.6 is 0 Å². The van der Waals surface area contributed by atoms with Crippen molar-refractivity contribution in [3.05, 3.63) is 22.3 Å². The molecule has 1 aromatic rings. The molecule has 1 saturated carbocycles. The summed E-state index contributed by atoms with van der Waals surface area (Å²) >= 11 is 0. The second kappa shape index (κ2) is 6.30. The van der Waals surface area contributed by atoms with Crippen LogP contribution in [0.1, 0.15) is 67.7 Å². The highest BCUT2D eigenvalue weighted by molar-refractivity contribution is 5.80. The van der Waals surface area contributed by atoms with Gasteiger partial charge in [-0.1, -0.05) is 6.42 Å². The highest BCUT2D eigenvalue weighted by Crippen LogP contribution is 2.43. The number of hydrogen-bond acceptors (Lipinski definition) is 4. The molecule has 0 aromatic heterocycles. The van der Waals surface area contributed by atoms with Crippen molar-refractivity contribution in [3.8, 4) is 11.5 Å². The van der Waals surface area contributed by atoms with Crippen LogP contribution in [-0.2, 0) is 16.0 Å². The minimum Gasteiger partial charge on any atom is -0.507 e. The first-order chi connectivity index (χ1) is 11.3. The van der Waals surface area contributed by atoms with Gasteiger partial charge in [-0.2, -0.15) is 0 Å². The first-order valence-corrected chi connectivity index (χ1v) is 9.05. The molecule has 1 aliphatic carbocycles. The Labute approximate surface area is 144 Å². The summed E-state index contributed by atoms with van der Waals surface area (Å²) in [5.74, 6) is 0.836. The molecule has 1 aliphatic heterocycles. The number of rotatable bonds is 2. The van der Waals surface area contributed by atoms with E-state index in [1.54, 1.807) is 0 Å². The maximum absolute atomic E-state index is 12.7. The monoisotopic (exact) mass is 332 g/mol. The highest BCUT2D eigenvalue weighted by Gasteiger charge is 2.43. The van der Waals surface area contributed by atoms with E-state index in [4.69, 9.17) is 9.47 Å². The van der Waals surface area contributed by atoms with Crippen LogP contribution < -0.4 is 4.74 Å². The maximum Gasteiger partial charge on any atom is 0.350 e. The Hall–Kier alpha value is -1.71. The molecular weight excluding hydrogens is 304 g/mol. The van der Waals surface area contributed by atoms with Crippen LogP contribution in [-0.4, -0.2) is 22.8 Å². The normalized spacial score (nSPS) is 24.2. The van der Waals surface area contributed by atoms with E-state index in [9.17, 15) is 9.90 Å². The summed E-state index contributed by atoms with van der Waals surface area (Å²) in [6, 6.07) is 0. The maximum atomic E-state index is 12.7. The van der Waals surface area contributed by atoms with Crippen molar-refractivity contribution in [1.29, 1.82) is 0 Å². The van der Waals surface area contributed by atoms with Gasteiger partial charge in [0, 0.05) is 12.0 Å². The minimum absolute atomic E-state index is 0.0393. The number of carbonyl (C=O) groups excluding carboxylic acids is 1. The summed E-state index contributed by atoms with van der Waals surface area (Å²) in [6.07, 6.45) is 6.76. The fourth-order valence-electron chi connectivity index (χ4n) is 3.85. The Bertz CT molecular complexity index is 658. The summed E-state index contributed by atoms with van der Waals surface area (Å²) < 4.78 is 11.9. The second-order valence-corrected chi connectivity index (χ2v) is 7.53. The van der Waals surface area contributed by atoms with Gasteiger partial charge in [0.25, 0.3) is 0 Å². The second-order valence-electron chi connectivity index (χ2n) is 7.53. The smallest absolute Gasteiger partial charge is 0.350 e. The summed E-state index contributed by atoms with van der Waals surface area (Å²) in [7, 11) is 0. The van der Waals surface area contributed by atoms with E-state index in [0.717, 1.165) is 53.7 Å². The van der Waals surface area contributed by atoms with E-state index in [0.29, 0.717) is 18.6 Å². The Balaban J connectivity index is 1.84. The van der Waals surface area contributed by atoms with E-state index in [-0.39, 0.29) is 12.1 Å². The van der Waals surface area contributed by atoms with E-state index in [2.05, 4.69) is 0 Å². The number of esters is 1. The topological polar surface area (TPSA) is 55.8 Å². The summed E-state index contributed by atoms with van der Waals surface area (Å²) in [6.45, 7) is 7.56. The number of benzene rings is 1. The van der Waals surface area contributed by atoms with Crippen LogP contribution in [0.5, 0.6) is 11.5 Å². The Morgan fingerprint density at radius 2 is 1.79 bits per heavy atom. The molecule has 24 heavy (non-hydrogen) atoms. The Morgan fingerprint density at radius 3 is 2.46 bits per heavy atom. The van der Waals surface area contributed by atoms with Crippen molar-refractivity contribution in [3.63, 3.8) is 0 Å². The predicted octanol–water partition coefficient (Wildman–Crippen LogP) is 4.28. The van der Waals surface area contributed by atoms with Crippen LogP contribution in [0, 0.1) is 20.8 Å².